The smallest absolute Gasteiger partial charge is 0.220 e. The third-order valence-electron chi connectivity index (χ3n) is 3.47. The third-order valence-corrected chi connectivity index (χ3v) is 3.82. The van der Waals surface area contributed by atoms with E-state index in [4.69, 9.17) is 16.3 Å². The zero-order valence-corrected chi connectivity index (χ0v) is 12.1. The summed E-state index contributed by atoms with van der Waals surface area (Å²) in [6, 6.07) is 7.09. The van der Waals surface area contributed by atoms with Crippen LogP contribution in [0.3, 0.4) is 0 Å². The van der Waals surface area contributed by atoms with Gasteiger partial charge >= 0.3 is 0 Å². The molecule has 1 aromatic carbocycles. The minimum atomic E-state index is -0.782. The van der Waals surface area contributed by atoms with E-state index in [-0.39, 0.29) is 18.6 Å². The lowest BCUT2D eigenvalue weighted by Crippen LogP contribution is -2.29. The normalized spacial score (nSPS) is 19.8. The van der Waals surface area contributed by atoms with Crippen molar-refractivity contribution in [3.8, 4) is 0 Å². The van der Waals surface area contributed by atoms with Crippen molar-refractivity contribution < 1.29 is 14.6 Å². The summed E-state index contributed by atoms with van der Waals surface area (Å²) in [5.74, 6) is -0.0633. The number of carbonyl (C=O) groups excluding carboxylic acids is 1. The van der Waals surface area contributed by atoms with E-state index in [1.165, 1.54) is 0 Å². The van der Waals surface area contributed by atoms with Crippen LogP contribution in [0, 0.1) is 0 Å². The van der Waals surface area contributed by atoms with E-state index in [1.54, 1.807) is 18.2 Å². The molecule has 1 aliphatic rings. The predicted molar refractivity (Wildman–Crippen MR) is 77.6 cm³/mol. The first kappa shape index (κ1) is 15.3. The van der Waals surface area contributed by atoms with Gasteiger partial charge in [-0.25, -0.2) is 0 Å². The van der Waals surface area contributed by atoms with Gasteiger partial charge in [0.25, 0.3) is 0 Å². The van der Waals surface area contributed by atoms with E-state index in [0.29, 0.717) is 17.0 Å². The molecule has 2 rings (SSSR count). The second-order valence-electron chi connectivity index (χ2n) is 5.02. The van der Waals surface area contributed by atoms with Gasteiger partial charge in [-0.3, -0.25) is 4.79 Å². The van der Waals surface area contributed by atoms with Gasteiger partial charge in [-0.05, 0) is 25.3 Å². The molecule has 2 N–H and O–H groups in total. The molecule has 1 heterocycles. The van der Waals surface area contributed by atoms with Crippen LogP contribution in [0.2, 0.25) is 5.02 Å². The number of hydrogen-bond donors (Lipinski definition) is 2. The molecule has 0 aromatic heterocycles. The molecular weight excluding hydrogens is 278 g/mol. The van der Waals surface area contributed by atoms with Gasteiger partial charge in [0.2, 0.25) is 5.91 Å². The third kappa shape index (κ3) is 4.47. The Morgan fingerprint density at radius 1 is 1.50 bits per heavy atom. The van der Waals surface area contributed by atoms with Gasteiger partial charge in [0.15, 0.2) is 0 Å². The first-order chi connectivity index (χ1) is 9.66. The van der Waals surface area contributed by atoms with E-state index in [0.717, 1.165) is 25.9 Å². The summed E-state index contributed by atoms with van der Waals surface area (Å²) in [6.45, 7) is 0.978. The number of benzene rings is 1. The zero-order chi connectivity index (χ0) is 14.4. The molecule has 0 radical (unpaired) electrons. The van der Waals surface area contributed by atoms with Gasteiger partial charge in [0.05, 0.1) is 12.2 Å². The summed E-state index contributed by atoms with van der Waals surface area (Å²) in [5, 5.41) is 13.2. The summed E-state index contributed by atoms with van der Waals surface area (Å²) in [7, 11) is 0. The molecule has 0 aliphatic carbocycles. The summed E-state index contributed by atoms with van der Waals surface area (Å²) in [5.41, 5.74) is 0.633. The van der Waals surface area contributed by atoms with Crippen LogP contribution in [-0.4, -0.2) is 30.3 Å². The molecule has 1 saturated heterocycles. The van der Waals surface area contributed by atoms with Gasteiger partial charge < -0.3 is 15.2 Å². The quantitative estimate of drug-likeness (QED) is 0.848. The van der Waals surface area contributed by atoms with Gasteiger partial charge in [-0.15, -0.1) is 0 Å². The van der Waals surface area contributed by atoms with Crippen molar-refractivity contribution >= 4 is 17.5 Å². The van der Waals surface area contributed by atoms with Crippen LogP contribution in [-0.2, 0) is 9.53 Å². The van der Waals surface area contributed by atoms with Gasteiger partial charge in [-0.1, -0.05) is 29.8 Å². The Labute approximate surface area is 124 Å². The Morgan fingerprint density at radius 2 is 2.30 bits per heavy atom. The van der Waals surface area contributed by atoms with Crippen molar-refractivity contribution in [3.63, 3.8) is 0 Å². The first-order valence-corrected chi connectivity index (χ1v) is 7.35. The van der Waals surface area contributed by atoms with E-state index >= 15 is 0 Å². The van der Waals surface area contributed by atoms with E-state index < -0.39 is 6.10 Å². The lowest BCUT2D eigenvalue weighted by Gasteiger charge is -2.14. The minimum Gasteiger partial charge on any atom is -0.387 e. The molecule has 1 aromatic rings. The molecule has 4 nitrogen and oxygen atoms in total. The number of aliphatic hydroxyl groups excluding tert-OH is 1. The van der Waals surface area contributed by atoms with Crippen molar-refractivity contribution in [2.75, 3.05) is 13.2 Å². The Hall–Kier alpha value is -1.10. The number of aliphatic hydroxyl groups is 1. The molecule has 20 heavy (non-hydrogen) atoms. The number of halogens is 1. The lowest BCUT2D eigenvalue weighted by molar-refractivity contribution is -0.122. The number of carbonyl (C=O) groups is 1. The first-order valence-electron chi connectivity index (χ1n) is 6.97. The molecule has 0 saturated carbocycles. The predicted octanol–water partition coefficient (Wildman–Crippen LogP) is 2.45. The fourth-order valence-corrected chi connectivity index (χ4v) is 2.58. The highest BCUT2D eigenvalue weighted by molar-refractivity contribution is 6.31. The fraction of sp³-hybridized carbons (Fsp3) is 0.533. The van der Waals surface area contributed by atoms with Crippen molar-refractivity contribution in [1.29, 1.82) is 0 Å². The zero-order valence-electron chi connectivity index (χ0n) is 11.3. The molecular formula is C15H20ClNO3. The monoisotopic (exact) mass is 297 g/mol. The van der Waals surface area contributed by atoms with Crippen LogP contribution in [0.5, 0.6) is 0 Å². The van der Waals surface area contributed by atoms with Crippen LogP contribution in [0.4, 0.5) is 0 Å². The molecule has 1 fully saturated rings. The number of hydrogen-bond acceptors (Lipinski definition) is 3. The van der Waals surface area contributed by atoms with Crippen LogP contribution in [0.25, 0.3) is 0 Å². The highest BCUT2D eigenvalue weighted by atomic mass is 35.5. The Morgan fingerprint density at radius 3 is 3.00 bits per heavy atom. The summed E-state index contributed by atoms with van der Waals surface area (Å²) in [4.78, 5) is 11.7. The highest BCUT2D eigenvalue weighted by Crippen LogP contribution is 2.22. The maximum atomic E-state index is 11.7. The topological polar surface area (TPSA) is 58.6 Å². The van der Waals surface area contributed by atoms with Gasteiger partial charge in [0, 0.05) is 30.2 Å². The van der Waals surface area contributed by atoms with Crippen molar-refractivity contribution in [1.82, 2.24) is 5.32 Å². The maximum absolute atomic E-state index is 11.7. The molecule has 1 aliphatic heterocycles. The molecule has 110 valence electrons. The molecule has 0 bridgehead atoms. The van der Waals surface area contributed by atoms with Crippen LogP contribution in [0.15, 0.2) is 24.3 Å². The summed E-state index contributed by atoms with van der Waals surface area (Å²) < 4.78 is 5.47. The molecule has 2 atom stereocenters. The second-order valence-corrected chi connectivity index (χ2v) is 5.42. The Balaban J connectivity index is 1.71. The van der Waals surface area contributed by atoms with Gasteiger partial charge in [-0.2, -0.15) is 0 Å². The van der Waals surface area contributed by atoms with Crippen LogP contribution in [0.1, 0.15) is 37.4 Å². The van der Waals surface area contributed by atoms with E-state index in [1.807, 2.05) is 6.07 Å². The number of ether oxygens (including phenoxy) is 1. The second kappa shape index (κ2) is 7.62. The molecule has 2 unspecified atom stereocenters. The van der Waals surface area contributed by atoms with Crippen molar-refractivity contribution in [2.45, 2.75) is 37.9 Å². The van der Waals surface area contributed by atoms with Crippen molar-refractivity contribution in [3.05, 3.63) is 34.9 Å². The van der Waals surface area contributed by atoms with Crippen LogP contribution >= 0.6 is 11.6 Å². The van der Waals surface area contributed by atoms with Gasteiger partial charge in [0.1, 0.15) is 0 Å². The average molecular weight is 298 g/mol. The van der Waals surface area contributed by atoms with E-state index in [9.17, 15) is 9.90 Å². The molecule has 5 heteroatoms. The Bertz CT molecular complexity index is 446. The number of rotatable bonds is 6. The number of amides is 1. The lowest BCUT2D eigenvalue weighted by atomic mass is 10.1. The van der Waals surface area contributed by atoms with E-state index in [2.05, 4.69) is 5.32 Å². The number of nitrogens with one attached hydrogen (secondary N) is 1. The fourth-order valence-electron chi connectivity index (χ4n) is 2.32. The molecule has 0 spiro atoms. The van der Waals surface area contributed by atoms with Crippen molar-refractivity contribution in [2.24, 2.45) is 0 Å². The minimum absolute atomic E-state index is 0.0633. The van der Waals surface area contributed by atoms with Crippen LogP contribution < -0.4 is 5.32 Å². The summed E-state index contributed by atoms with van der Waals surface area (Å²) >= 11 is 5.99. The maximum Gasteiger partial charge on any atom is 0.220 e. The standard InChI is InChI=1S/C15H20ClNO3/c16-13-6-2-1-5-12(13)14(18)10-17-15(19)8-7-11-4-3-9-20-11/h1-2,5-6,11,14,18H,3-4,7-10H2,(H,17,19). The molecule has 1 amide bonds. The highest BCUT2D eigenvalue weighted by Gasteiger charge is 2.17. The average Bonchev–Trinajstić information content (AvgIpc) is 2.96. The largest absolute Gasteiger partial charge is 0.387 e. The Kier molecular flexibility index (Phi) is 5.83. The SMILES string of the molecule is O=C(CCC1CCCO1)NCC(O)c1ccccc1Cl. The summed E-state index contributed by atoms with van der Waals surface area (Å²) in [6.07, 6.45) is 2.73.